The van der Waals surface area contributed by atoms with E-state index in [1.165, 1.54) is 0 Å². The number of nitrogens with zero attached hydrogens (tertiary/aromatic N) is 3. The molecule has 0 radical (unpaired) electrons. The second-order valence-electron chi connectivity index (χ2n) is 5.62. The van der Waals surface area contributed by atoms with E-state index in [-0.39, 0.29) is 11.9 Å². The molecule has 0 fully saturated rings. The number of carbonyl (C=O) groups is 1. The SMILES string of the molecule is CCCCc1cnc(N(C(C)=O)C(CCC)CCC)nc1. The molecule has 1 heterocycles. The molecule has 4 nitrogen and oxygen atoms in total. The maximum Gasteiger partial charge on any atom is 0.232 e. The third kappa shape index (κ3) is 5.44. The van der Waals surface area contributed by atoms with Gasteiger partial charge >= 0.3 is 0 Å². The van der Waals surface area contributed by atoms with Crippen molar-refractivity contribution in [1.29, 1.82) is 0 Å². The number of aromatic nitrogens is 2. The quantitative estimate of drug-likeness (QED) is 0.687. The van der Waals surface area contributed by atoms with Crippen LogP contribution in [0.25, 0.3) is 0 Å². The number of amides is 1. The van der Waals surface area contributed by atoms with E-state index in [4.69, 9.17) is 0 Å². The van der Waals surface area contributed by atoms with Crippen molar-refractivity contribution in [3.05, 3.63) is 18.0 Å². The minimum Gasteiger partial charge on any atom is -0.278 e. The smallest absolute Gasteiger partial charge is 0.232 e. The molecule has 1 aromatic rings. The topological polar surface area (TPSA) is 46.1 Å². The second-order valence-corrected chi connectivity index (χ2v) is 5.62. The Kier molecular flexibility index (Phi) is 7.95. The van der Waals surface area contributed by atoms with Crippen molar-refractivity contribution < 1.29 is 4.79 Å². The van der Waals surface area contributed by atoms with Crippen LogP contribution in [-0.2, 0) is 11.2 Å². The van der Waals surface area contributed by atoms with Crippen LogP contribution in [0, 0.1) is 0 Å². The van der Waals surface area contributed by atoms with Crippen LogP contribution in [0.4, 0.5) is 5.95 Å². The van der Waals surface area contributed by atoms with E-state index < -0.39 is 0 Å². The number of hydrogen-bond donors (Lipinski definition) is 0. The molecule has 0 aromatic carbocycles. The third-order valence-corrected chi connectivity index (χ3v) is 3.67. The summed E-state index contributed by atoms with van der Waals surface area (Å²) in [4.78, 5) is 22.7. The van der Waals surface area contributed by atoms with Crippen LogP contribution < -0.4 is 4.90 Å². The van der Waals surface area contributed by atoms with Gasteiger partial charge in [-0.15, -0.1) is 0 Å². The fraction of sp³-hybridized carbons (Fsp3) is 0.706. The summed E-state index contributed by atoms with van der Waals surface area (Å²) in [6, 6.07) is 0.207. The molecule has 0 atom stereocenters. The monoisotopic (exact) mass is 291 g/mol. The highest BCUT2D eigenvalue weighted by molar-refractivity contribution is 5.90. The first-order valence-electron chi connectivity index (χ1n) is 8.24. The molecule has 0 saturated carbocycles. The summed E-state index contributed by atoms with van der Waals surface area (Å²) in [6.45, 7) is 8.07. The summed E-state index contributed by atoms with van der Waals surface area (Å²) in [5.41, 5.74) is 1.15. The Morgan fingerprint density at radius 3 is 2.10 bits per heavy atom. The van der Waals surface area contributed by atoms with Gasteiger partial charge in [0, 0.05) is 25.4 Å². The Hall–Kier alpha value is -1.45. The van der Waals surface area contributed by atoms with Crippen molar-refractivity contribution in [2.75, 3.05) is 4.90 Å². The van der Waals surface area contributed by atoms with Crippen molar-refractivity contribution in [1.82, 2.24) is 9.97 Å². The fourth-order valence-corrected chi connectivity index (χ4v) is 2.61. The van der Waals surface area contributed by atoms with Gasteiger partial charge in [0.2, 0.25) is 11.9 Å². The molecule has 0 spiro atoms. The number of anilines is 1. The van der Waals surface area contributed by atoms with Gasteiger partial charge in [0.05, 0.1) is 0 Å². The van der Waals surface area contributed by atoms with E-state index in [1.54, 1.807) is 11.8 Å². The third-order valence-electron chi connectivity index (χ3n) is 3.67. The Balaban J connectivity index is 2.91. The lowest BCUT2D eigenvalue weighted by atomic mass is 10.1. The van der Waals surface area contributed by atoms with Gasteiger partial charge in [-0.3, -0.25) is 9.69 Å². The van der Waals surface area contributed by atoms with E-state index in [0.717, 1.165) is 50.5 Å². The maximum atomic E-state index is 12.0. The van der Waals surface area contributed by atoms with Crippen LogP contribution in [0.2, 0.25) is 0 Å². The first kappa shape index (κ1) is 17.6. The zero-order valence-corrected chi connectivity index (χ0v) is 13.9. The summed E-state index contributed by atoms with van der Waals surface area (Å²) >= 11 is 0. The molecule has 0 aliphatic rings. The average molecular weight is 291 g/mol. The predicted octanol–water partition coefficient (Wildman–Crippen LogP) is 4.14. The zero-order valence-electron chi connectivity index (χ0n) is 13.9. The zero-order chi connectivity index (χ0) is 15.7. The van der Waals surface area contributed by atoms with E-state index in [0.29, 0.717) is 5.95 Å². The molecule has 4 heteroatoms. The predicted molar refractivity (Wildman–Crippen MR) is 87.4 cm³/mol. The molecule has 118 valence electrons. The molecular formula is C17H29N3O. The Morgan fingerprint density at radius 2 is 1.67 bits per heavy atom. The largest absolute Gasteiger partial charge is 0.278 e. The molecule has 1 aromatic heterocycles. The Bertz CT molecular complexity index is 411. The maximum absolute atomic E-state index is 12.0. The highest BCUT2D eigenvalue weighted by Gasteiger charge is 2.23. The highest BCUT2D eigenvalue weighted by atomic mass is 16.2. The fourth-order valence-electron chi connectivity index (χ4n) is 2.61. The number of hydrogen-bond acceptors (Lipinski definition) is 3. The van der Waals surface area contributed by atoms with Gasteiger partial charge in [-0.1, -0.05) is 40.0 Å². The van der Waals surface area contributed by atoms with E-state index >= 15 is 0 Å². The Morgan fingerprint density at radius 1 is 1.10 bits per heavy atom. The molecule has 21 heavy (non-hydrogen) atoms. The molecule has 1 amide bonds. The molecule has 0 N–H and O–H groups in total. The summed E-state index contributed by atoms with van der Waals surface area (Å²) in [5.74, 6) is 0.581. The van der Waals surface area contributed by atoms with E-state index in [2.05, 4.69) is 30.7 Å². The summed E-state index contributed by atoms with van der Waals surface area (Å²) in [7, 11) is 0. The lowest BCUT2D eigenvalue weighted by Gasteiger charge is -2.29. The average Bonchev–Trinajstić information content (AvgIpc) is 2.47. The molecule has 0 saturated heterocycles. The number of carbonyl (C=O) groups excluding carboxylic acids is 1. The summed E-state index contributed by atoms with van der Waals surface area (Å²) < 4.78 is 0. The first-order chi connectivity index (χ1) is 10.1. The Labute approximate surface area is 129 Å². The minimum absolute atomic E-state index is 0.0307. The molecular weight excluding hydrogens is 262 g/mol. The lowest BCUT2D eigenvalue weighted by Crippen LogP contribution is -2.40. The summed E-state index contributed by atoms with van der Waals surface area (Å²) in [5, 5.41) is 0. The number of unbranched alkanes of at least 4 members (excludes halogenated alkanes) is 1. The van der Waals surface area contributed by atoms with Gasteiger partial charge in [0.1, 0.15) is 0 Å². The van der Waals surface area contributed by atoms with Crippen molar-refractivity contribution in [3.63, 3.8) is 0 Å². The minimum atomic E-state index is 0.0307. The van der Waals surface area contributed by atoms with E-state index in [1.807, 2.05) is 12.4 Å². The molecule has 0 aliphatic heterocycles. The van der Waals surface area contributed by atoms with Crippen molar-refractivity contribution >= 4 is 11.9 Å². The van der Waals surface area contributed by atoms with Crippen LogP contribution in [0.1, 0.15) is 71.8 Å². The van der Waals surface area contributed by atoms with Crippen molar-refractivity contribution in [3.8, 4) is 0 Å². The molecule has 0 bridgehead atoms. The summed E-state index contributed by atoms with van der Waals surface area (Å²) in [6.07, 6.45) is 11.1. The second kappa shape index (κ2) is 9.48. The van der Waals surface area contributed by atoms with Gasteiger partial charge in [-0.2, -0.15) is 0 Å². The molecule has 0 aliphatic carbocycles. The van der Waals surface area contributed by atoms with Crippen LogP contribution in [0.15, 0.2) is 12.4 Å². The molecule has 0 unspecified atom stereocenters. The van der Waals surface area contributed by atoms with Crippen LogP contribution in [0.5, 0.6) is 0 Å². The van der Waals surface area contributed by atoms with Crippen LogP contribution in [-0.4, -0.2) is 21.9 Å². The van der Waals surface area contributed by atoms with Crippen molar-refractivity contribution in [2.24, 2.45) is 0 Å². The molecule has 1 rings (SSSR count). The first-order valence-corrected chi connectivity index (χ1v) is 8.24. The standard InChI is InChI=1S/C17H29N3O/c1-5-8-11-15-12-18-17(19-13-15)20(14(4)21)16(9-6-2)10-7-3/h12-13,16H,5-11H2,1-4H3. The van der Waals surface area contributed by atoms with Gasteiger partial charge < -0.3 is 0 Å². The van der Waals surface area contributed by atoms with Crippen LogP contribution >= 0.6 is 0 Å². The van der Waals surface area contributed by atoms with Crippen LogP contribution in [0.3, 0.4) is 0 Å². The van der Waals surface area contributed by atoms with Gasteiger partial charge in [-0.25, -0.2) is 9.97 Å². The lowest BCUT2D eigenvalue weighted by molar-refractivity contribution is -0.117. The van der Waals surface area contributed by atoms with E-state index in [9.17, 15) is 4.79 Å². The number of rotatable bonds is 9. The van der Waals surface area contributed by atoms with Crippen molar-refractivity contribution in [2.45, 2.75) is 78.7 Å². The van der Waals surface area contributed by atoms with Gasteiger partial charge in [0.15, 0.2) is 0 Å². The van der Waals surface area contributed by atoms with Gasteiger partial charge in [-0.05, 0) is 31.2 Å². The van der Waals surface area contributed by atoms with Gasteiger partial charge in [0.25, 0.3) is 0 Å². The normalized spacial score (nSPS) is 10.9. The number of aryl methyl sites for hydroxylation is 1. The highest BCUT2D eigenvalue weighted by Crippen LogP contribution is 2.19.